The van der Waals surface area contributed by atoms with Crippen LogP contribution in [0.4, 0.5) is 0 Å². The van der Waals surface area contributed by atoms with E-state index < -0.39 is 0 Å². The highest BCUT2D eigenvalue weighted by atomic mass is 79.9. The van der Waals surface area contributed by atoms with Crippen molar-refractivity contribution >= 4 is 15.9 Å². The Balaban J connectivity index is 3.13. The van der Waals surface area contributed by atoms with Gasteiger partial charge < -0.3 is 15.6 Å². The summed E-state index contributed by atoms with van der Waals surface area (Å²) in [6, 6.07) is 3.43. The fraction of sp³-hybridized carbons (Fsp3) is 0.333. The summed E-state index contributed by atoms with van der Waals surface area (Å²) in [6.07, 6.45) is 0.738. The molecule has 1 rings (SSSR count). The van der Waals surface area contributed by atoms with Crippen molar-refractivity contribution in [3.63, 3.8) is 0 Å². The van der Waals surface area contributed by atoms with Crippen LogP contribution in [0, 0.1) is 0 Å². The maximum atomic E-state index is 9.37. The number of phenolic OH excluding ortho intramolecular Hbond substituents is 1. The number of rotatable bonds is 3. The average Bonchev–Trinajstić information content (AvgIpc) is 2.12. The van der Waals surface area contributed by atoms with Crippen LogP contribution in [0.3, 0.4) is 0 Å². The summed E-state index contributed by atoms with van der Waals surface area (Å²) in [5.41, 5.74) is 6.43. The largest absolute Gasteiger partial charge is 0.507 e. The number of hydrogen-bond acceptors (Lipinski definition) is 3. The number of methoxy groups -OCH3 is 1. The van der Waals surface area contributed by atoms with E-state index in [1.54, 1.807) is 13.2 Å². The standard InChI is InChI=1S/C9H12BrNO2/c1-13-9-6(4-5-11)2-3-7(12)8(9)10/h2-3,12H,4-5,11H2,1H3. The Labute approximate surface area is 85.6 Å². The van der Waals surface area contributed by atoms with Gasteiger partial charge in [0, 0.05) is 0 Å². The number of hydrogen-bond donors (Lipinski definition) is 2. The van der Waals surface area contributed by atoms with Gasteiger partial charge in [-0.05, 0) is 40.5 Å². The van der Waals surface area contributed by atoms with Gasteiger partial charge >= 0.3 is 0 Å². The van der Waals surface area contributed by atoms with E-state index in [9.17, 15) is 5.11 Å². The lowest BCUT2D eigenvalue weighted by atomic mass is 10.1. The monoisotopic (exact) mass is 245 g/mol. The molecule has 0 aromatic heterocycles. The van der Waals surface area contributed by atoms with Crippen LogP contribution in [0.5, 0.6) is 11.5 Å². The van der Waals surface area contributed by atoms with E-state index >= 15 is 0 Å². The molecule has 0 fully saturated rings. The minimum absolute atomic E-state index is 0.178. The lowest BCUT2D eigenvalue weighted by molar-refractivity contribution is 0.398. The van der Waals surface area contributed by atoms with Crippen LogP contribution < -0.4 is 10.5 Å². The molecule has 1 aromatic rings. The Morgan fingerprint density at radius 3 is 2.77 bits per heavy atom. The van der Waals surface area contributed by atoms with Crippen LogP contribution in [0.25, 0.3) is 0 Å². The number of nitrogens with two attached hydrogens (primary N) is 1. The first-order valence-corrected chi connectivity index (χ1v) is 4.74. The Hall–Kier alpha value is -0.740. The van der Waals surface area contributed by atoms with E-state index in [0.717, 1.165) is 12.0 Å². The molecule has 3 N–H and O–H groups in total. The molecule has 1 aromatic carbocycles. The van der Waals surface area contributed by atoms with E-state index in [2.05, 4.69) is 15.9 Å². The Kier molecular flexibility index (Phi) is 3.57. The van der Waals surface area contributed by atoms with E-state index in [-0.39, 0.29) is 5.75 Å². The number of halogens is 1. The third kappa shape index (κ3) is 2.14. The molecular formula is C9H12BrNO2. The molecule has 0 unspecified atom stereocenters. The molecule has 0 aliphatic carbocycles. The quantitative estimate of drug-likeness (QED) is 0.852. The third-order valence-electron chi connectivity index (χ3n) is 1.78. The molecule has 0 spiro atoms. The minimum Gasteiger partial charge on any atom is -0.507 e. The summed E-state index contributed by atoms with van der Waals surface area (Å²) < 4.78 is 5.73. The Morgan fingerprint density at radius 1 is 1.54 bits per heavy atom. The maximum Gasteiger partial charge on any atom is 0.140 e. The highest BCUT2D eigenvalue weighted by Crippen LogP contribution is 2.36. The van der Waals surface area contributed by atoms with E-state index in [0.29, 0.717) is 16.8 Å². The molecule has 0 aliphatic rings. The lowest BCUT2D eigenvalue weighted by Gasteiger charge is -2.10. The second kappa shape index (κ2) is 4.48. The molecule has 72 valence electrons. The molecule has 0 radical (unpaired) electrons. The van der Waals surface area contributed by atoms with Gasteiger partial charge in [-0.2, -0.15) is 0 Å². The van der Waals surface area contributed by atoms with Crippen LogP contribution in [0.15, 0.2) is 16.6 Å². The number of phenols is 1. The van der Waals surface area contributed by atoms with Gasteiger partial charge in [-0.1, -0.05) is 6.07 Å². The first kappa shape index (κ1) is 10.3. The zero-order valence-electron chi connectivity index (χ0n) is 7.38. The van der Waals surface area contributed by atoms with Crippen molar-refractivity contribution in [2.75, 3.05) is 13.7 Å². The normalized spacial score (nSPS) is 10.1. The average molecular weight is 246 g/mol. The van der Waals surface area contributed by atoms with Crippen LogP contribution in [0.2, 0.25) is 0 Å². The molecule has 0 aliphatic heterocycles. The zero-order valence-corrected chi connectivity index (χ0v) is 8.97. The fourth-order valence-corrected chi connectivity index (χ4v) is 1.71. The van der Waals surface area contributed by atoms with Crippen molar-refractivity contribution in [2.45, 2.75) is 6.42 Å². The number of benzene rings is 1. The molecule has 3 nitrogen and oxygen atoms in total. The van der Waals surface area contributed by atoms with E-state index in [4.69, 9.17) is 10.5 Å². The number of ether oxygens (including phenoxy) is 1. The molecule has 0 bridgehead atoms. The van der Waals surface area contributed by atoms with Crippen molar-refractivity contribution in [3.05, 3.63) is 22.2 Å². The van der Waals surface area contributed by atoms with Crippen molar-refractivity contribution < 1.29 is 9.84 Å². The predicted octanol–water partition coefficient (Wildman–Crippen LogP) is 1.66. The van der Waals surface area contributed by atoms with Crippen LogP contribution >= 0.6 is 15.9 Å². The Bertz CT molecular complexity index is 302. The van der Waals surface area contributed by atoms with Gasteiger partial charge in [0.1, 0.15) is 16.0 Å². The van der Waals surface area contributed by atoms with Gasteiger partial charge in [0.05, 0.1) is 7.11 Å². The molecular weight excluding hydrogens is 234 g/mol. The molecule has 0 atom stereocenters. The van der Waals surface area contributed by atoms with Gasteiger partial charge in [-0.3, -0.25) is 0 Å². The minimum atomic E-state index is 0.178. The SMILES string of the molecule is COc1c(CCN)ccc(O)c1Br. The van der Waals surface area contributed by atoms with Gasteiger partial charge in [0.25, 0.3) is 0 Å². The van der Waals surface area contributed by atoms with Crippen molar-refractivity contribution in [1.82, 2.24) is 0 Å². The fourth-order valence-electron chi connectivity index (χ4n) is 1.16. The molecule has 4 heteroatoms. The first-order chi connectivity index (χ1) is 6.20. The summed E-state index contributed by atoms with van der Waals surface area (Å²) in [5, 5.41) is 9.37. The molecule has 0 saturated carbocycles. The Morgan fingerprint density at radius 2 is 2.23 bits per heavy atom. The summed E-state index contributed by atoms with van der Waals surface area (Å²) in [6.45, 7) is 0.563. The third-order valence-corrected chi connectivity index (χ3v) is 2.54. The number of aromatic hydroxyl groups is 1. The van der Waals surface area contributed by atoms with Crippen LogP contribution in [-0.2, 0) is 6.42 Å². The zero-order chi connectivity index (χ0) is 9.84. The highest BCUT2D eigenvalue weighted by molar-refractivity contribution is 9.10. The van der Waals surface area contributed by atoms with Gasteiger partial charge in [-0.25, -0.2) is 0 Å². The second-order valence-corrected chi connectivity index (χ2v) is 3.42. The van der Waals surface area contributed by atoms with Crippen LogP contribution in [-0.4, -0.2) is 18.8 Å². The lowest BCUT2D eigenvalue weighted by Crippen LogP contribution is -2.04. The summed E-state index contributed by atoms with van der Waals surface area (Å²) >= 11 is 3.25. The molecule has 0 amide bonds. The van der Waals surface area contributed by atoms with E-state index in [1.807, 2.05) is 6.07 Å². The van der Waals surface area contributed by atoms with Crippen molar-refractivity contribution in [2.24, 2.45) is 5.73 Å². The van der Waals surface area contributed by atoms with Crippen molar-refractivity contribution in [3.8, 4) is 11.5 Å². The van der Waals surface area contributed by atoms with Crippen LogP contribution in [0.1, 0.15) is 5.56 Å². The van der Waals surface area contributed by atoms with Gasteiger partial charge in [0.15, 0.2) is 0 Å². The first-order valence-electron chi connectivity index (χ1n) is 3.95. The summed E-state index contributed by atoms with van der Waals surface area (Å²) in [4.78, 5) is 0. The van der Waals surface area contributed by atoms with Gasteiger partial charge in [0.2, 0.25) is 0 Å². The van der Waals surface area contributed by atoms with Gasteiger partial charge in [-0.15, -0.1) is 0 Å². The summed E-state index contributed by atoms with van der Waals surface area (Å²) in [5.74, 6) is 0.836. The molecule has 0 heterocycles. The molecule has 13 heavy (non-hydrogen) atoms. The summed E-state index contributed by atoms with van der Waals surface area (Å²) in [7, 11) is 1.57. The van der Waals surface area contributed by atoms with E-state index in [1.165, 1.54) is 0 Å². The second-order valence-electron chi connectivity index (χ2n) is 2.63. The highest BCUT2D eigenvalue weighted by Gasteiger charge is 2.10. The maximum absolute atomic E-state index is 9.37. The molecule has 0 saturated heterocycles. The van der Waals surface area contributed by atoms with Crippen molar-refractivity contribution in [1.29, 1.82) is 0 Å². The topological polar surface area (TPSA) is 55.5 Å². The smallest absolute Gasteiger partial charge is 0.140 e. The predicted molar refractivity (Wildman–Crippen MR) is 55.1 cm³/mol.